The summed E-state index contributed by atoms with van der Waals surface area (Å²) >= 11 is 0.872. The summed E-state index contributed by atoms with van der Waals surface area (Å²) in [5.41, 5.74) is 0. The van der Waals surface area contributed by atoms with Gasteiger partial charge in [0.05, 0.1) is 12.5 Å². The van der Waals surface area contributed by atoms with Crippen LogP contribution < -0.4 is 10.0 Å². The molecule has 0 aliphatic rings. The Labute approximate surface area is 121 Å². The first-order valence-corrected chi connectivity index (χ1v) is 8.16. The minimum atomic E-state index is -3.82. The summed E-state index contributed by atoms with van der Waals surface area (Å²) < 4.78 is 26.3. The van der Waals surface area contributed by atoms with Crippen LogP contribution in [0.2, 0.25) is 0 Å². The lowest BCUT2D eigenvalue weighted by Crippen LogP contribution is -2.44. The number of likely N-dealkylation sites (N-methyl/N-ethyl adjacent to an activating group) is 1. The molecule has 1 rings (SSSR count). The van der Waals surface area contributed by atoms with Crippen molar-refractivity contribution in [2.45, 2.75) is 30.5 Å². The number of thiophene rings is 1. The lowest BCUT2D eigenvalue weighted by molar-refractivity contribution is -0.136. The largest absolute Gasteiger partial charge is 0.481 e. The van der Waals surface area contributed by atoms with Gasteiger partial charge in [-0.3, -0.25) is 9.59 Å². The molecule has 0 saturated carbocycles. The van der Waals surface area contributed by atoms with Gasteiger partial charge in [0.2, 0.25) is 5.91 Å². The molecule has 9 heteroatoms. The van der Waals surface area contributed by atoms with E-state index in [4.69, 9.17) is 5.11 Å². The number of aliphatic carboxylic acids is 1. The van der Waals surface area contributed by atoms with Crippen LogP contribution in [0, 0.1) is 0 Å². The highest BCUT2D eigenvalue weighted by Gasteiger charge is 2.23. The zero-order chi connectivity index (χ0) is 15.3. The van der Waals surface area contributed by atoms with E-state index >= 15 is 0 Å². The smallest absolute Gasteiger partial charge is 0.308 e. The fraction of sp³-hybridized carbons (Fsp3) is 0.455. The Kier molecular flexibility index (Phi) is 5.66. The molecule has 0 aliphatic carbocycles. The second-order valence-electron chi connectivity index (χ2n) is 4.03. The Morgan fingerprint density at radius 2 is 2.05 bits per heavy atom. The number of rotatable bonds is 7. The number of hydrogen-bond donors (Lipinski definition) is 3. The van der Waals surface area contributed by atoms with Gasteiger partial charge in [0.15, 0.2) is 0 Å². The van der Waals surface area contributed by atoms with E-state index in [2.05, 4.69) is 10.0 Å². The first-order valence-electron chi connectivity index (χ1n) is 5.86. The topological polar surface area (TPSA) is 113 Å². The molecule has 3 N–H and O–H groups in total. The third-order valence-electron chi connectivity index (χ3n) is 2.30. The van der Waals surface area contributed by atoms with Crippen LogP contribution in [0.3, 0.4) is 0 Å². The molecule has 1 amide bonds. The second kappa shape index (κ2) is 6.82. The molecule has 0 saturated heterocycles. The van der Waals surface area contributed by atoms with Crippen LogP contribution >= 0.6 is 11.3 Å². The SMILES string of the molecule is CCNC(=O)C(C)NS(=O)(=O)c1ccc(CC(=O)O)s1. The van der Waals surface area contributed by atoms with Crippen LogP contribution in [0.1, 0.15) is 18.7 Å². The monoisotopic (exact) mass is 320 g/mol. The predicted octanol–water partition coefficient (Wildman–Crippen LogP) is 0.178. The van der Waals surface area contributed by atoms with Crippen LogP contribution in [-0.2, 0) is 26.0 Å². The highest BCUT2D eigenvalue weighted by Crippen LogP contribution is 2.22. The Morgan fingerprint density at radius 3 is 2.60 bits per heavy atom. The van der Waals surface area contributed by atoms with Crippen LogP contribution in [0.15, 0.2) is 16.3 Å². The average Bonchev–Trinajstić information content (AvgIpc) is 2.77. The predicted molar refractivity (Wildman–Crippen MR) is 74.1 cm³/mol. The molecule has 0 radical (unpaired) electrons. The van der Waals surface area contributed by atoms with E-state index in [9.17, 15) is 18.0 Å². The summed E-state index contributed by atoms with van der Waals surface area (Å²) in [6, 6.07) is 1.88. The molecule has 112 valence electrons. The fourth-order valence-corrected chi connectivity index (χ4v) is 3.98. The van der Waals surface area contributed by atoms with Crippen molar-refractivity contribution in [2.75, 3.05) is 6.54 Å². The molecule has 0 fully saturated rings. The fourth-order valence-electron chi connectivity index (χ4n) is 1.42. The van der Waals surface area contributed by atoms with Gasteiger partial charge in [-0.05, 0) is 26.0 Å². The molecule has 20 heavy (non-hydrogen) atoms. The third-order valence-corrected chi connectivity index (χ3v) is 5.42. The van der Waals surface area contributed by atoms with Gasteiger partial charge in [-0.1, -0.05) is 0 Å². The lowest BCUT2D eigenvalue weighted by Gasteiger charge is -2.12. The van der Waals surface area contributed by atoms with Crippen molar-refractivity contribution in [3.63, 3.8) is 0 Å². The van der Waals surface area contributed by atoms with Gasteiger partial charge < -0.3 is 10.4 Å². The zero-order valence-electron chi connectivity index (χ0n) is 11.0. The number of carbonyl (C=O) groups excluding carboxylic acids is 1. The van der Waals surface area contributed by atoms with E-state index in [-0.39, 0.29) is 10.6 Å². The maximum Gasteiger partial charge on any atom is 0.308 e. The number of amides is 1. The number of nitrogens with one attached hydrogen (secondary N) is 2. The molecule has 0 spiro atoms. The number of carboxylic acid groups (broad SMARTS) is 1. The van der Waals surface area contributed by atoms with E-state index in [1.165, 1.54) is 19.1 Å². The maximum absolute atomic E-state index is 12.0. The molecule has 7 nitrogen and oxygen atoms in total. The summed E-state index contributed by atoms with van der Waals surface area (Å²) in [7, 11) is -3.82. The van der Waals surface area contributed by atoms with Crippen molar-refractivity contribution in [3.8, 4) is 0 Å². The maximum atomic E-state index is 12.0. The summed E-state index contributed by atoms with van der Waals surface area (Å²) in [4.78, 5) is 22.5. The normalized spacial score (nSPS) is 12.9. The van der Waals surface area contributed by atoms with E-state index in [1.54, 1.807) is 6.92 Å². The van der Waals surface area contributed by atoms with Crippen LogP contribution in [0.4, 0.5) is 0 Å². The van der Waals surface area contributed by atoms with E-state index in [1.807, 2.05) is 0 Å². The van der Waals surface area contributed by atoms with Gasteiger partial charge in [0.1, 0.15) is 4.21 Å². The van der Waals surface area contributed by atoms with E-state index in [0.29, 0.717) is 11.4 Å². The van der Waals surface area contributed by atoms with Crippen molar-refractivity contribution in [3.05, 3.63) is 17.0 Å². The Bertz CT molecular complexity index is 594. The first-order chi connectivity index (χ1) is 9.26. The minimum absolute atomic E-state index is 0.00935. The Hall–Kier alpha value is -1.45. The summed E-state index contributed by atoms with van der Waals surface area (Å²) in [6.45, 7) is 3.58. The Morgan fingerprint density at radius 1 is 1.40 bits per heavy atom. The zero-order valence-corrected chi connectivity index (χ0v) is 12.7. The molecular formula is C11H16N2O5S2. The van der Waals surface area contributed by atoms with E-state index < -0.39 is 27.9 Å². The molecule has 0 aliphatic heterocycles. The standard InChI is InChI=1S/C11H16N2O5S2/c1-3-12-11(16)7(2)13-20(17,18)10-5-4-8(19-10)6-9(14)15/h4-5,7,13H,3,6H2,1-2H3,(H,12,16)(H,14,15). The molecule has 1 aromatic rings. The molecule has 0 bridgehead atoms. The van der Waals surface area contributed by atoms with Crippen LogP contribution in [0.25, 0.3) is 0 Å². The quantitative estimate of drug-likeness (QED) is 0.663. The first kappa shape index (κ1) is 16.6. The summed E-state index contributed by atoms with van der Waals surface area (Å²) in [5, 5.41) is 11.2. The number of hydrogen-bond acceptors (Lipinski definition) is 5. The van der Waals surface area contributed by atoms with Gasteiger partial charge in [-0.2, -0.15) is 4.72 Å². The highest BCUT2D eigenvalue weighted by molar-refractivity contribution is 7.91. The van der Waals surface area contributed by atoms with Crippen molar-refractivity contribution < 1.29 is 23.1 Å². The lowest BCUT2D eigenvalue weighted by atomic mass is 10.3. The van der Waals surface area contributed by atoms with Gasteiger partial charge in [0, 0.05) is 11.4 Å². The van der Waals surface area contributed by atoms with Gasteiger partial charge >= 0.3 is 5.97 Å². The summed E-state index contributed by atoms with van der Waals surface area (Å²) in [5.74, 6) is -1.45. The van der Waals surface area contributed by atoms with Crippen molar-refractivity contribution >= 4 is 33.2 Å². The van der Waals surface area contributed by atoms with Gasteiger partial charge in [-0.25, -0.2) is 8.42 Å². The second-order valence-corrected chi connectivity index (χ2v) is 7.14. The van der Waals surface area contributed by atoms with Crippen molar-refractivity contribution in [2.24, 2.45) is 0 Å². The average molecular weight is 320 g/mol. The van der Waals surface area contributed by atoms with Crippen LogP contribution in [0.5, 0.6) is 0 Å². The summed E-state index contributed by atoms with van der Waals surface area (Å²) in [6.07, 6.45) is -0.230. The molecule has 1 heterocycles. The molecule has 1 unspecified atom stereocenters. The van der Waals surface area contributed by atoms with Crippen LogP contribution in [-0.4, -0.2) is 38.0 Å². The number of carboxylic acids is 1. The Balaban J connectivity index is 2.81. The molecular weight excluding hydrogens is 304 g/mol. The minimum Gasteiger partial charge on any atom is -0.481 e. The van der Waals surface area contributed by atoms with Crippen molar-refractivity contribution in [1.82, 2.24) is 10.0 Å². The molecule has 0 aromatic carbocycles. The number of carbonyl (C=O) groups is 2. The highest BCUT2D eigenvalue weighted by atomic mass is 32.2. The molecule has 1 atom stereocenters. The number of sulfonamides is 1. The van der Waals surface area contributed by atoms with Gasteiger partial charge in [-0.15, -0.1) is 11.3 Å². The van der Waals surface area contributed by atoms with Gasteiger partial charge in [0.25, 0.3) is 10.0 Å². The van der Waals surface area contributed by atoms with E-state index in [0.717, 1.165) is 11.3 Å². The molecule has 1 aromatic heterocycles. The third kappa shape index (κ3) is 4.58. The van der Waals surface area contributed by atoms with Crippen molar-refractivity contribution in [1.29, 1.82) is 0 Å².